The Kier molecular flexibility index (Phi) is 7.45. The number of hydrogen-bond acceptors (Lipinski definition) is 3. The van der Waals surface area contributed by atoms with Crippen LogP contribution in [0.25, 0.3) is 0 Å². The highest BCUT2D eigenvalue weighted by molar-refractivity contribution is 5.93. The van der Waals surface area contributed by atoms with Crippen molar-refractivity contribution in [3.63, 3.8) is 0 Å². The topological polar surface area (TPSA) is 75.6 Å². The number of carboxylic acid groups (broad SMARTS) is 1. The van der Waals surface area contributed by atoms with Crippen LogP contribution in [0.3, 0.4) is 0 Å². The third-order valence-electron chi connectivity index (χ3n) is 1.35. The van der Waals surface area contributed by atoms with Gasteiger partial charge in [-0.3, -0.25) is 4.79 Å². The summed E-state index contributed by atoms with van der Waals surface area (Å²) in [7, 11) is 0. The van der Waals surface area contributed by atoms with Crippen molar-refractivity contribution in [3.05, 3.63) is 12.2 Å². The maximum atomic E-state index is 10.9. The van der Waals surface area contributed by atoms with Crippen LogP contribution >= 0.6 is 0 Å². The number of rotatable bonds is 7. The fourth-order valence-corrected chi connectivity index (χ4v) is 0.736. The summed E-state index contributed by atoms with van der Waals surface area (Å²) in [5.74, 6) is -1.53. The predicted molar refractivity (Wildman–Crippen MR) is 50.9 cm³/mol. The lowest BCUT2D eigenvalue weighted by Crippen LogP contribution is -2.23. The molecule has 14 heavy (non-hydrogen) atoms. The molecular formula is C9H15NO4. The van der Waals surface area contributed by atoms with E-state index in [-0.39, 0.29) is 0 Å². The average Bonchev–Trinajstić information content (AvgIpc) is 2.14. The monoisotopic (exact) mass is 201 g/mol. The van der Waals surface area contributed by atoms with E-state index in [1.54, 1.807) is 0 Å². The summed E-state index contributed by atoms with van der Waals surface area (Å²) in [5.41, 5.74) is 0. The molecule has 0 rings (SSSR count). The lowest BCUT2D eigenvalue weighted by Gasteiger charge is -2.01. The molecule has 0 aromatic carbocycles. The van der Waals surface area contributed by atoms with E-state index in [2.05, 4.69) is 5.32 Å². The minimum Gasteiger partial charge on any atom is -0.478 e. The lowest BCUT2D eigenvalue weighted by atomic mass is 10.4. The molecule has 0 aromatic rings. The molecule has 0 aliphatic heterocycles. The molecule has 0 bridgehead atoms. The van der Waals surface area contributed by atoms with Crippen LogP contribution in [0.1, 0.15) is 13.3 Å². The number of carbonyl (C=O) groups is 2. The molecule has 2 N–H and O–H groups in total. The van der Waals surface area contributed by atoms with Crippen LogP contribution in [-0.2, 0) is 14.3 Å². The van der Waals surface area contributed by atoms with Gasteiger partial charge in [0.1, 0.15) is 0 Å². The molecule has 0 radical (unpaired) electrons. The highest BCUT2D eigenvalue weighted by Crippen LogP contribution is 1.81. The Morgan fingerprint density at radius 2 is 2.14 bits per heavy atom. The summed E-state index contributed by atoms with van der Waals surface area (Å²) in [6.07, 6.45) is 2.52. The van der Waals surface area contributed by atoms with Crippen molar-refractivity contribution >= 4 is 11.9 Å². The normalized spacial score (nSPS) is 10.4. The molecule has 0 aliphatic rings. The Morgan fingerprint density at radius 1 is 1.43 bits per heavy atom. The van der Waals surface area contributed by atoms with Gasteiger partial charge >= 0.3 is 5.97 Å². The molecule has 0 aliphatic carbocycles. The van der Waals surface area contributed by atoms with Gasteiger partial charge in [0, 0.05) is 31.9 Å². The van der Waals surface area contributed by atoms with Gasteiger partial charge in [-0.05, 0) is 13.3 Å². The first-order valence-electron chi connectivity index (χ1n) is 4.43. The van der Waals surface area contributed by atoms with Crippen molar-refractivity contribution in [2.24, 2.45) is 0 Å². The zero-order valence-electron chi connectivity index (χ0n) is 8.16. The molecule has 0 saturated heterocycles. The summed E-state index contributed by atoms with van der Waals surface area (Å²) in [4.78, 5) is 20.9. The largest absolute Gasteiger partial charge is 0.478 e. The van der Waals surface area contributed by atoms with E-state index in [0.29, 0.717) is 19.8 Å². The zero-order chi connectivity index (χ0) is 10.8. The van der Waals surface area contributed by atoms with Gasteiger partial charge in [0.25, 0.3) is 0 Å². The van der Waals surface area contributed by atoms with Crippen molar-refractivity contribution in [1.82, 2.24) is 5.32 Å². The minimum absolute atomic E-state index is 0.399. The van der Waals surface area contributed by atoms with Gasteiger partial charge in [-0.15, -0.1) is 0 Å². The summed E-state index contributed by atoms with van der Waals surface area (Å²) >= 11 is 0. The SMILES string of the molecule is CCOCCCNC(=O)/C=C/C(=O)O. The van der Waals surface area contributed by atoms with E-state index < -0.39 is 11.9 Å². The fraction of sp³-hybridized carbons (Fsp3) is 0.556. The van der Waals surface area contributed by atoms with Crippen LogP contribution < -0.4 is 5.32 Å². The van der Waals surface area contributed by atoms with Crippen LogP contribution in [-0.4, -0.2) is 36.7 Å². The number of carboxylic acids is 1. The van der Waals surface area contributed by atoms with E-state index in [0.717, 1.165) is 18.6 Å². The van der Waals surface area contributed by atoms with Gasteiger partial charge in [-0.25, -0.2) is 4.79 Å². The average molecular weight is 201 g/mol. The molecule has 0 aromatic heterocycles. The minimum atomic E-state index is -1.13. The van der Waals surface area contributed by atoms with Gasteiger partial charge in [-0.1, -0.05) is 0 Å². The summed E-state index contributed by atoms with van der Waals surface area (Å²) in [6.45, 7) is 3.64. The van der Waals surface area contributed by atoms with E-state index in [1.807, 2.05) is 6.92 Å². The molecule has 5 nitrogen and oxygen atoms in total. The Labute approximate surface area is 82.7 Å². The van der Waals surface area contributed by atoms with Crippen LogP contribution in [0.15, 0.2) is 12.2 Å². The van der Waals surface area contributed by atoms with Crippen molar-refractivity contribution in [3.8, 4) is 0 Å². The van der Waals surface area contributed by atoms with Crippen molar-refractivity contribution in [1.29, 1.82) is 0 Å². The second kappa shape index (κ2) is 8.25. The Hall–Kier alpha value is -1.36. The van der Waals surface area contributed by atoms with Crippen molar-refractivity contribution < 1.29 is 19.4 Å². The molecule has 0 atom stereocenters. The van der Waals surface area contributed by atoms with E-state index in [4.69, 9.17) is 9.84 Å². The molecule has 1 amide bonds. The first-order valence-corrected chi connectivity index (χ1v) is 4.43. The van der Waals surface area contributed by atoms with Crippen LogP contribution in [0.5, 0.6) is 0 Å². The highest BCUT2D eigenvalue weighted by Gasteiger charge is 1.95. The zero-order valence-corrected chi connectivity index (χ0v) is 8.16. The van der Waals surface area contributed by atoms with E-state index in [1.165, 1.54) is 0 Å². The first kappa shape index (κ1) is 12.6. The maximum absolute atomic E-state index is 10.9. The summed E-state index contributed by atoms with van der Waals surface area (Å²) < 4.78 is 5.05. The van der Waals surface area contributed by atoms with Crippen LogP contribution in [0, 0.1) is 0 Å². The number of hydrogen-bond donors (Lipinski definition) is 2. The summed E-state index contributed by atoms with van der Waals surface area (Å²) in [5, 5.41) is 10.7. The van der Waals surface area contributed by atoms with Gasteiger partial charge in [0.15, 0.2) is 0 Å². The van der Waals surface area contributed by atoms with Gasteiger partial charge in [-0.2, -0.15) is 0 Å². The van der Waals surface area contributed by atoms with E-state index in [9.17, 15) is 9.59 Å². The quantitative estimate of drug-likeness (QED) is 0.455. The lowest BCUT2D eigenvalue weighted by molar-refractivity contribution is -0.131. The highest BCUT2D eigenvalue weighted by atomic mass is 16.5. The predicted octanol–water partition coefficient (Wildman–Crippen LogP) is 0.170. The fourth-order valence-electron chi connectivity index (χ4n) is 0.736. The number of nitrogens with one attached hydrogen (secondary N) is 1. The number of carbonyl (C=O) groups excluding carboxylic acids is 1. The number of aliphatic carboxylic acids is 1. The van der Waals surface area contributed by atoms with Gasteiger partial charge in [0.2, 0.25) is 5.91 Å². The number of ether oxygens (including phenoxy) is 1. The Balaban J connectivity index is 3.40. The maximum Gasteiger partial charge on any atom is 0.328 e. The molecule has 0 spiro atoms. The van der Waals surface area contributed by atoms with Gasteiger partial charge < -0.3 is 15.2 Å². The Morgan fingerprint density at radius 3 is 2.71 bits per heavy atom. The van der Waals surface area contributed by atoms with Crippen LogP contribution in [0.4, 0.5) is 0 Å². The molecule has 0 unspecified atom stereocenters. The molecular weight excluding hydrogens is 186 g/mol. The molecule has 5 heteroatoms. The third-order valence-corrected chi connectivity index (χ3v) is 1.35. The van der Waals surface area contributed by atoms with Crippen LogP contribution in [0.2, 0.25) is 0 Å². The molecule has 0 saturated carbocycles. The van der Waals surface area contributed by atoms with Crippen molar-refractivity contribution in [2.45, 2.75) is 13.3 Å². The second-order valence-electron chi connectivity index (χ2n) is 2.51. The van der Waals surface area contributed by atoms with Gasteiger partial charge in [0.05, 0.1) is 0 Å². The molecule has 0 heterocycles. The second-order valence-corrected chi connectivity index (χ2v) is 2.51. The standard InChI is InChI=1S/C9H15NO4/c1-2-14-7-3-6-10-8(11)4-5-9(12)13/h4-5H,2-3,6-7H2,1H3,(H,10,11)(H,12,13)/b5-4+. The summed E-state index contributed by atoms with van der Waals surface area (Å²) in [6, 6.07) is 0. The number of amides is 1. The smallest absolute Gasteiger partial charge is 0.328 e. The van der Waals surface area contributed by atoms with E-state index >= 15 is 0 Å². The molecule has 80 valence electrons. The molecule has 0 fully saturated rings. The Bertz CT molecular complexity index is 213. The van der Waals surface area contributed by atoms with Crippen molar-refractivity contribution in [2.75, 3.05) is 19.8 Å². The first-order chi connectivity index (χ1) is 6.66. The third kappa shape index (κ3) is 8.73.